The fraction of sp³-hybridized carbons (Fsp3) is 0.174. The molecule has 1 unspecified atom stereocenters. The van der Waals surface area contributed by atoms with E-state index in [9.17, 15) is 4.79 Å². The Morgan fingerprint density at radius 2 is 1.32 bits per heavy atom. The van der Waals surface area contributed by atoms with E-state index in [0.29, 0.717) is 11.3 Å². The number of carbonyl (C=O) groups excluding carboxylic acids is 1. The Morgan fingerprint density at radius 3 is 1.89 bits per heavy atom. The quantitative estimate of drug-likeness (QED) is 0.574. The Kier molecular flexibility index (Phi) is 6.17. The molecule has 0 heterocycles. The minimum absolute atomic E-state index is 0.0457. The van der Waals surface area contributed by atoms with Crippen molar-refractivity contribution in [2.45, 2.75) is 6.04 Å². The number of methoxy groups -OCH3 is 3. The molecule has 5 heteroatoms. The van der Waals surface area contributed by atoms with Crippen LogP contribution in [0.2, 0.25) is 0 Å². The van der Waals surface area contributed by atoms with Crippen molar-refractivity contribution in [3.8, 4) is 17.2 Å². The number of ketones is 1. The molecule has 5 nitrogen and oxygen atoms in total. The molecule has 0 fully saturated rings. The van der Waals surface area contributed by atoms with Gasteiger partial charge < -0.3 is 19.5 Å². The van der Waals surface area contributed by atoms with Gasteiger partial charge in [-0.3, -0.25) is 4.79 Å². The maximum absolute atomic E-state index is 13.3. The van der Waals surface area contributed by atoms with Gasteiger partial charge in [-0.05, 0) is 54.1 Å². The van der Waals surface area contributed by atoms with E-state index in [-0.39, 0.29) is 5.78 Å². The van der Waals surface area contributed by atoms with Crippen LogP contribution < -0.4 is 19.5 Å². The standard InChI is InChI=1S/C23H23NO4/c1-26-19-11-7-16(8-12-19)22(24-18-5-4-6-21(15-18)28-3)23(25)17-9-13-20(27-2)14-10-17/h4-15,22,24H,1-3H3. The molecule has 0 radical (unpaired) electrons. The molecule has 0 aliphatic carbocycles. The highest BCUT2D eigenvalue weighted by atomic mass is 16.5. The Labute approximate surface area is 164 Å². The summed E-state index contributed by atoms with van der Waals surface area (Å²) in [6, 6.07) is 21.5. The Balaban J connectivity index is 1.95. The predicted octanol–water partition coefficient (Wildman–Crippen LogP) is 4.75. The molecule has 144 valence electrons. The van der Waals surface area contributed by atoms with Crippen molar-refractivity contribution in [1.82, 2.24) is 0 Å². The summed E-state index contributed by atoms with van der Waals surface area (Å²) in [6.45, 7) is 0. The topological polar surface area (TPSA) is 56.8 Å². The van der Waals surface area contributed by atoms with Gasteiger partial charge >= 0.3 is 0 Å². The number of anilines is 1. The second-order valence-corrected chi connectivity index (χ2v) is 6.18. The molecule has 0 saturated heterocycles. The lowest BCUT2D eigenvalue weighted by atomic mass is 9.96. The van der Waals surface area contributed by atoms with Gasteiger partial charge in [-0.15, -0.1) is 0 Å². The third-order valence-electron chi connectivity index (χ3n) is 4.47. The maximum atomic E-state index is 13.3. The van der Waals surface area contributed by atoms with Crippen molar-refractivity contribution >= 4 is 11.5 Å². The molecule has 0 saturated carbocycles. The van der Waals surface area contributed by atoms with Crippen LogP contribution in [0.4, 0.5) is 5.69 Å². The smallest absolute Gasteiger partial charge is 0.189 e. The number of benzene rings is 3. The molecule has 1 N–H and O–H groups in total. The first-order chi connectivity index (χ1) is 13.6. The van der Waals surface area contributed by atoms with E-state index < -0.39 is 6.04 Å². The van der Waals surface area contributed by atoms with Crippen LogP contribution in [0.15, 0.2) is 72.8 Å². The number of ether oxygens (including phenoxy) is 3. The van der Waals surface area contributed by atoms with Crippen molar-refractivity contribution in [3.63, 3.8) is 0 Å². The molecule has 0 bridgehead atoms. The molecule has 3 aromatic rings. The van der Waals surface area contributed by atoms with Crippen LogP contribution in [-0.2, 0) is 0 Å². The average Bonchev–Trinajstić information content (AvgIpc) is 2.77. The highest BCUT2D eigenvalue weighted by molar-refractivity contribution is 6.02. The van der Waals surface area contributed by atoms with Crippen molar-refractivity contribution < 1.29 is 19.0 Å². The van der Waals surface area contributed by atoms with Crippen LogP contribution in [0.25, 0.3) is 0 Å². The average molecular weight is 377 g/mol. The van der Waals surface area contributed by atoms with E-state index in [2.05, 4.69) is 5.32 Å². The van der Waals surface area contributed by atoms with E-state index in [1.807, 2.05) is 48.5 Å². The molecule has 3 aromatic carbocycles. The predicted molar refractivity (Wildman–Crippen MR) is 110 cm³/mol. The first-order valence-corrected chi connectivity index (χ1v) is 8.87. The van der Waals surface area contributed by atoms with Gasteiger partial charge in [-0.25, -0.2) is 0 Å². The SMILES string of the molecule is COc1ccc(C(=O)C(Nc2cccc(OC)c2)c2ccc(OC)cc2)cc1. The minimum Gasteiger partial charge on any atom is -0.497 e. The van der Waals surface area contributed by atoms with E-state index in [0.717, 1.165) is 22.7 Å². The van der Waals surface area contributed by atoms with Crippen LogP contribution >= 0.6 is 0 Å². The van der Waals surface area contributed by atoms with Crippen molar-refractivity contribution in [2.75, 3.05) is 26.6 Å². The summed E-state index contributed by atoms with van der Waals surface area (Å²) in [5.74, 6) is 2.12. The maximum Gasteiger partial charge on any atom is 0.189 e. The summed E-state index contributed by atoms with van der Waals surface area (Å²) in [7, 11) is 4.83. The van der Waals surface area contributed by atoms with E-state index >= 15 is 0 Å². The van der Waals surface area contributed by atoms with Gasteiger partial charge in [0.05, 0.1) is 21.3 Å². The summed E-state index contributed by atoms with van der Waals surface area (Å²) in [5.41, 5.74) is 2.23. The monoisotopic (exact) mass is 377 g/mol. The fourth-order valence-corrected chi connectivity index (χ4v) is 2.90. The largest absolute Gasteiger partial charge is 0.497 e. The lowest BCUT2D eigenvalue weighted by molar-refractivity contribution is 0.0969. The first kappa shape index (κ1) is 19.3. The number of rotatable bonds is 8. The first-order valence-electron chi connectivity index (χ1n) is 8.87. The highest BCUT2D eigenvalue weighted by Crippen LogP contribution is 2.28. The zero-order valence-electron chi connectivity index (χ0n) is 16.1. The summed E-state index contributed by atoms with van der Waals surface area (Å²) >= 11 is 0. The number of hydrogen-bond donors (Lipinski definition) is 1. The van der Waals surface area contributed by atoms with E-state index in [1.54, 1.807) is 45.6 Å². The van der Waals surface area contributed by atoms with Crippen LogP contribution in [0.3, 0.4) is 0 Å². The fourth-order valence-electron chi connectivity index (χ4n) is 2.90. The molecular formula is C23H23NO4. The van der Waals surface area contributed by atoms with Crippen LogP contribution in [0.1, 0.15) is 22.0 Å². The Hall–Kier alpha value is -3.47. The van der Waals surface area contributed by atoms with Gasteiger partial charge in [0.2, 0.25) is 0 Å². The van der Waals surface area contributed by atoms with E-state index in [4.69, 9.17) is 14.2 Å². The molecule has 0 aliphatic rings. The summed E-state index contributed by atoms with van der Waals surface area (Å²) in [5, 5.41) is 3.33. The van der Waals surface area contributed by atoms with Crippen LogP contribution in [0.5, 0.6) is 17.2 Å². The van der Waals surface area contributed by atoms with Gasteiger partial charge in [-0.1, -0.05) is 18.2 Å². The van der Waals surface area contributed by atoms with Crippen LogP contribution in [0, 0.1) is 0 Å². The van der Waals surface area contributed by atoms with Crippen LogP contribution in [-0.4, -0.2) is 27.1 Å². The molecular weight excluding hydrogens is 354 g/mol. The second-order valence-electron chi connectivity index (χ2n) is 6.18. The third-order valence-corrected chi connectivity index (χ3v) is 4.47. The zero-order valence-corrected chi connectivity index (χ0v) is 16.1. The molecule has 1 atom stereocenters. The van der Waals surface area contributed by atoms with E-state index in [1.165, 1.54) is 0 Å². The number of nitrogens with one attached hydrogen (secondary N) is 1. The molecule has 3 rings (SSSR count). The molecule has 0 aliphatic heterocycles. The van der Waals surface area contributed by atoms with Gasteiger partial charge in [-0.2, -0.15) is 0 Å². The lowest BCUT2D eigenvalue weighted by Crippen LogP contribution is -2.21. The third kappa shape index (κ3) is 4.43. The highest BCUT2D eigenvalue weighted by Gasteiger charge is 2.22. The van der Waals surface area contributed by atoms with Gasteiger partial charge in [0.25, 0.3) is 0 Å². The second kappa shape index (κ2) is 8.95. The molecule has 0 aromatic heterocycles. The van der Waals surface area contributed by atoms with Gasteiger partial charge in [0, 0.05) is 17.3 Å². The van der Waals surface area contributed by atoms with Crippen molar-refractivity contribution in [3.05, 3.63) is 83.9 Å². The molecule has 0 spiro atoms. The Bertz CT molecular complexity index is 920. The Morgan fingerprint density at radius 1 is 0.750 bits per heavy atom. The van der Waals surface area contributed by atoms with Crippen molar-refractivity contribution in [2.24, 2.45) is 0 Å². The zero-order chi connectivity index (χ0) is 19.9. The number of Topliss-reactive ketones (excluding diaryl/α,β-unsaturated/α-hetero) is 1. The summed E-state index contributed by atoms with van der Waals surface area (Å²) in [6.07, 6.45) is 0. The van der Waals surface area contributed by atoms with Gasteiger partial charge in [0.1, 0.15) is 23.3 Å². The lowest BCUT2D eigenvalue weighted by Gasteiger charge is -2.20. The summed E-state index contributed by atoms with van der Waals surface area (Å²) in [4.78, 5) is 13.3. The number of hydrogen-bond acceptors (Lipinski definition) is 5. The summed E-state index contributed by atoms with van der Waals surface area (Å²) < 4.78 is 15.7. The van der Waals surface area contributed by atoms with Crippen molar-refractivity contribution in [1.29, 1.82) is 0 Å². The van der Waals surface area contributed by atoms with Gasteiger partial charge in [0.15, 0.2) is 5.78 Å². The molecule has 0 amide bonds. The molecule has 28 heavy (non-hydrogen) atoms. The number of carbonyl (C=O) groups is 1. The normalized spacial score (nSPS) is 11.4. The minimum atomic E-state index is -0.564.